The van der Waals surface area contributed by atoms with E-state index < -0.39 is 5.91 Å². The maximum atomic E-state index is 12.8. The molecule has 0 radical (unpaired) electrons. The lowest BCUT2D eigenvalue weighted by atomic mass is 10.3. The van der Waals surface area contributed by atoms with Crippen LogP contribution < -0.4 is 9.72 Å². The Morgan fingerprint density at radius 2 is 2.19 bits per heavy atom. The van der Waals surface area contributed by atoms with Gasteiger partial charge in [-0.1, -0.05) is 17.7 Å². The topological polar surface area (TPSA) is 84.1 Å². The number of rotatable bonds is 4. The summed E-state index contributed by atoms with van der Waals surface area (Å²) in [5, 5.41) is 13.5. The van der Waals surface area contributed by atoms with E-state index in [-0.39, 0.29) is 11.6 Å². The van der Waals surface area contributed by atoms with Crippen LogP contribution in [0.2, 0.25) is 4.47 Å². The van der Waals surface area contributed by atoms with E-state index in [2.05, 4.69) is 15.3 Å². The average Bonchev–Trinajstić information content (AvgIpc) is 3.17. The number of nitrogens with zero attached hydrogens (tertiary/aromatic N) is 4. The molecule has 2 N–H and O–H groups in total. The third kappa shape index (κ3) is 3.00. The molecule has 0 saturated heterocycles. The van der Waals surface area contributed by atoms with Crippen molar-refractivity contribution in [3.8, 4) is 5.88 Å². The van der Waals surface area contributed by atoms with Crippen LogP contribution in [0, 0.1) is 0 Å². The normalized spacial score (nSPS) is 11.0. The Bertz CT molecular complexity index is 1090. The second-order valence-corrected chi connectivity index (χ2v) is 7.16. The van der Waals surface area contributed by atoms with Crippen LogP contribution in [-0.2, 0) is 6.54 Å². The average molecular weight is 387 g/mol. The van der Waals surface area contributed by atoms with Gasteiger partial charge in [0.25, 0.3) is 11.3 Å². The van der Waals surface area contributed by atoms with E-state index in [1.54, 1.807) is 45.8 Å². The number of fused-ring (bicyclic) bond motifs is 1. The number of carbonyl (C=O) groups excluding carboxylic acids is 1. The van der Waals surface area contributed by atoms with E-state index in [0.717, 1.165) is 4.88 Å². The van der Waals surface area contributed by atoms with Gasteiger partial charge in [0.15, 0.2) is 4.47 Å². The van der Waals surface area contributed by atoms with Crippen LogP contribution in [0.1, 0.15) is 15.4 Å². The zero-order valence-electron chi connectivity index (χ0n) is 13.3. The van der Waals surface area contributed by atoms with Crippen LogP contribution in [-0.4, -0.2) is 25.5 Å². The first-order chi connectivity index (χ1) is 12.6. The Morgan fingerprint density at radius 1 is 1.31 bits per heavy atom. The zero-order valence-corrected chi connectivity index (χ0v) is 14.9. The maximum Gasteiger partial charge on any atom is 0.337 e. The van der Waals surface area contributed by atoms with Crippen molar-refractivity contribution in [2.24, 2.45) is 0 Å². The summed E-state index contributed by atoms with van der Waals surface area (Å²) in [6.07, 6.45) is 6.54. The quantitative estimate of drug-likeness (QED) is 0.528. The molecule has 4 aromatic rings. The summed E-state index contributed by atoms with van der Waals surface area (Å²) in [7, 11) is 0. The summed E-state index contributed by atoms with van der Waals surface area (Å²) in [5.74, 6) is -0.570. The number of aromatic hydroxyl groups is 1. The summed E-state index contributed by atoms with van der Waals surface area (Å²) < 4.78 is 3.71. The van der Waals surface area contributed by atoms with Crippen LogP contribution in [0.15, 0.2) is 55.1 Å². The monoisotopic (exact) mass is 386 g/mol. The van der Waals surface area contributed by atoms with Crippen molar-refractivity contribution in [3.63, 3.8) is 0 Å². The number of hydrogen-bond donors (Lipinski definition) is 2. The minimum atomic E-state index is -0.433. The van der Waals surface area contributed by atoms with Gasteiger partial charge in [0.2, 0.25) is 0 Å². The van der Waals surface area contributed by atoms with E-state index in [0.29, 0.717) is 22.3 Å². The lowest BCUT2D eigenvalue weighted by Gasteiger charge is -2.01. The molecule has 4 heterocycles. The second kappa shape index (κ2) is 6.74. The van der Waals surface area contributed by atoms with Gasteiger partial charge >= 0.3 is 11.8 Å². The van der Waals surface area contributed by atoms with Crippen LogP contribution in [0.5, 0.6) is 5.88 Å². The van der Waals surface area contributed by atoms with Crippen LogP contribution >= 0.6 is 22.9 Å². The molecule has 0 aliphatic heterocycles. The van der Waals surface area contributed by atoms with Gasteiger partial charge in [0.05, 0.1) is 23.0 Å². The predicted octanol–water partition coefficient (Wildman–Crippen LogP) is 2.74. The third-order valence-electron chi connectivity index (χ3n) is 3.80. The second-order valence-electron chi connectivity index (χ2n) is 5.46. The Labute approximate surface area is 157 Å². The van der Waals surface area contributed by atoms with Crippen molar-refractivity contribution in [2.75, 3.05) is 5.32 Å². The first-order valence-corrected chi connectivity index (χ1v) is 8.86. The van der Waals surface area contributed by atoms with Crippen molar-refractivity contribution in [2.45, 2.75) is 6.54 Å². The number of carbonyl (C=O) groups is 1. The fraction of sp³-hybridized carbons (Fsp3) is 0.0588. The number of anilines is 1. The standard InChI is InChI=1S/C17H12ClN5O2S/c18-17-20-9-12(26-17)10-23-13-5-1-2-7-22(13)14(16(23)25)15(24)21-11-4-3-6-19-8-11/h1-9H,10H2,(H-,21,24,25)/p+1. The van der Waals surface area contributed by atoms with Gasteiger partial charge in [-0.3, -0.25) is 9.78 Å². The number of nitrogens with one attached hydrogen (secondary N) is 1. The maximum absolute atomic E-state index is 12.8. The minimum Gasteiger partial charge on any atom is -0.474 e. The third-order valence-corrected chi connectivity index (χ3v) is 4.90. The molecule has 130 valence electrons. The van der Waals surface area contributed by atoms with Gasteiger partial charge < -0.3 is 10.4 Å². The van der Waals surface area contributed by atoms with Crippen molar-refractivity contribution in [1.29, 1.82) is 0 Å². The van der Waals surface area contributed by atoms with Gasteiger partial charge in [-0.15, -0.1) is 11.3 Å². The molecular weight excluding hydrogens is 374 g/mol. The van der Waals surface area contributed by atoms with Gasteiger partial charge in [0.1, 0.15) is 6.54 Å². The van der Waals surface area contributed by atoms with E-state index in [1.165, 1.54) is 17.5 Å². The van der Waals surface area contributed by atoms with Gasteiger partial charge in [-0.2, -0.15) is 8.97 Å². The SMILES string of the molecule is O=C(Nc1cccnc1)c1c(O)n(Cc2cnc(Cl)s2)c2cccc[n+]12. The van der Waals surface area contributed by atoms with E-state index in [9.17, 15) is 9.90 Å². The highest BCUT2D eigenvalue weighted by Gasteiger charge is 2.31. The fourth-order valence-corrected chi connectivity index (χ4v) is 3.66. The van der Waals surface area contributed by atoms with E-state index >= 15 is 0 Å². The summed E-state index contributed by atoms with van der Waals surface area (Å²) in [5.41, 5.74) is 1.36. The highest BCUT2D eigenvalue weighted by Crippen LogP contribution is 2.24. The van der Waals surface area contributed by atoms with Gasteiger partial charge in [-0.25, -0.2) is 4.98 Å². The van der Waals surface area contributed by atoms with Gasteiger partial charge in [0, 0.05) is 18.5 Å². The summed E-state index contributed by atoms with van der Waals surface area (Å²) in [4.78, 5) is 21.6. The molecule has 0 fully saturated rings. The molecular formula is C17H13ClN5O2S+. The van der Waals surface area contributed by atoms with Crippen molar-refractivity contribution >= 4 is 40.2 Å². The van der Waals surface area contributed by atoms with Crippen LogP contribution in [0.3, 0.4) is 0 Å². The smallest absolute Gasteiger partial charge is 0.337 e. The zero-order chi connectivity index (χ0) is 18.1. The fourth-order valence-electron chi connectivity index (χ4n) is 2.69. The summed E-state index contributed by atoms with van der Waals surface area (Å²) in [6, 6.07) is 8.91. The number of amides is 1. The number of halogens is 1. The van der Waals surface area contributed by atoms with Crippen LogP contribution in [0.4, 0.5) is 5.69 Å². The van der Waals surface area contributed by atoms with E-state index in [1.807, 2.05) is 12.1 Å². The number of hydrogen-bond acceptors (Lipinski definition) is 5. The Morgan fingerprint density at radius 3 is 2.92 bits per heavy atom. The van der Waals surface area contributed by atoms with Crippen molar-refractivity contribution < 1.29 is 14.3 Å². The number of aromatic nitrogens is 4. The lowest BCUT2D eigenvalue weighted by Crippen LogP contribution is -2.30. The molecule has 0 atom stereocenters. The first kappa shape index (κ1) is 16.5. The molecule has 0 bridgehead atoms. The molecule has 9 heteroatoms. The number of pyridine rings is 2. The molecule has 0 aliphatic carbocycles. The van der Waals surface area contributed by atoms with Crippen molar-refractivity contribution in [1.82, 2.24) is 14.5 Å². The molecule has 1 amide bonds. The molecule has 0 aliphatic rings. The van der Waals surface area contributed by atoms with Crippen LogP contribution in [0.25, 0.3) is 5.65 Å². The highest BCUT2D eigenvalue weighted by molar-refractivity contribution is 7.15. The Balaban J connectivity index is 1.77. The molecule has 0 unspecified atom stereocenters. The molecule has 7 nitrogen and oxygen atoms in total. The number of thiazole rings is 1. The Kier molecular flexibility index (Phi) is 4.27. The highest BCUT2D eigenvalue weighted by atomic mass is 35.5. The molecule has 4 aromatic heterocycles. The molecule has 0 spiro atoms. The summed E-state index contributed by atoms with van der Waals surface area (Å²) >= 11 is 7.22. The molecule has 0 saturated carbocycles. The summed E-state index contributed by atoms with van der Waals surface area (Å²) in [6.45, 7) is 0.351. The predicted molar refractivity (Wildman–Crippen MR) is 97.7 cm³/mol. The molecule has 0 aromatic carbocycles. The largest absolute Gasteiger partial charge is 0.474 e. The lowest BCUT2D eigenvalue weighted by molar-refractivity contribution is -0.513. The Hall–Kier alpha value is -2.97. The minimum absolute atomic E-state index is 0.137. The first-order valence-electron chi connectivity index (χ1n) is 7.67. The number of imidazole rings is 1. The molecule has 26 heavy (non-hydrogen) atoms. The van der Waals surface area contributed by atoms with Gasteiger partial charge in [-0.05, 0) is 18.2 Å². The van der Waals surface area contributed by atoms with E-state index in [4.69, 9.17) is 11.6 Å². The van der Waals surface area contributed by atoms with Crippen molar-refractivity contribution in [3.05, 3.63) is 70.2 Å². The molecule has 4 rings (SSSR count).